The Balaban J connectivity index is 3.14. The van der Waals surface area contributed by atoms with Gasteiger partial charge in [0.25, 0.3) is 0 Å². The third kappa shape index (κ3) is 2.98. The lowest BCUT2D eigenvalue weighted by Gasteiger charge is -2.12. The number of ketones is 1. The van der Waals surface area contributed by atoms with Crippen molar-refractivity contribution in [2.24, 2.45) is 0 Å². The SMILES string of the molecule is CC(=O)C(Br)c1ccc(C(F)(F)F)c(Cl)c1. The summed E-state index contributed by atoms with van der Waals surface area (Å²) in [7, 11) is 0. The van der Waals surface area contributed by atoms with E-state index >= 15 is 0 Å². The summed E-state index contributed by atoms with van der Waals surface area (Å²) >= 11 is 8.58. The highest BCUT2D eigenvalue weighted by Crippen LogP contribution is 2.36. The Hall–Kier alpha value is -0.550. The van der Waals surface area contributed by atoms with Crippen LogP contribution in [0.25, 0.3) is 0 Å². The average molecular weight is 316 g/mol. The van der Waals surface area contributed by atoms with E-state index in [4.69, 9.17) is 11.6 Å². The van der Waals surface area contributed by atoms with Crippen LogP contribution in [0.3, 0.4) is 0 Å². The molecule has 0 saturated carbocycles. The van der Waals surface area contributed by atoms with Gasteiger partial charge in [0, 0.05) is 0 Å². The van der Waals surface area contributed by atoms with Gasteiger partial charge in [-0.05, 0) is 24.6 Å². The van der Waals surface area contributed by atoms with Gasteiger partial charge in [-0.1, -0.05) is 33.6 Å². The van der Waals surface area contributed by atoms with E-state index in [1.807, 2.05) is 0 Å². The van der Waals surface area contributed by atoms with E-state index in [0.717, 1.165) is 12.1 Å². The van der Waals surface area contributed by atoms with Crippen molar-refractivity contribution >= 4 is 33.3 Å². The van der Waals surface area contributed by atoms with Crippen LogP contribution >= 0.6 is 27.5 Å². The molecule has 16 heavy (non-hydrogen) atoms. The quantitative estimate of drug-likeness (QED) is 0.740. The van der Waals surface area contributed by atoms with Gasteiger partial charge in [0.1, 0.15) is 5.78 Å². The van der Waals surface area contributed by atoms with E-state index in [-0.39, 0.29) is 5.78 Å². The standard InChI is InChI=1S/C10H7BrClF3O/c1-5(16)9(11)6-2-3-7(8(12)4-6)10(13,14)15/h2-4,9H,1H3. The number of halogens is 5. The molecule has 0 fully saturated rings. The van der Waals surface area contributed by atoms with Crippen LogP contribution in [0.1, 0.15) is 22.9 Å². The predicted octanol–water partition coefficient (Wildman–Crippen LogP) is 4.38. The molecule has 0 aliphatic heterocycles. The fourth-order valence-electron chi connectivity index (χ4n) is 1.15. The van der Waals surface area contributed by atoms with Gasteiger partial charge in [0.15, 0.2) is 0 Å². The third-order valence-corrected chi connectivity index (χ3v) is 3.43. The fourth-order valence-corrected chi connectivity index (χ4v) is 1.73. The maximum absolute atomic E-state index is 12.4. The van der Waals surface area contributed by atoms with Gasteiger partial charge in [0.05, 0.1) is 15.4 Å². The zero-order valence-corrected chi connectivity index (χ0v) is 10.4. The van der Waals surface area contributed by atoms with Crippen molar-refractivity contribution in [1.82, 2.24) is 0 Å². The summed E-state index contributed by atoms with van der Waals surface area (Å²) in [5, 5.41) is -0.407. The maximum Gasteiger partial charge on any atom is 0.417 e. The molecule has 0 aliphatic rings. The first-order valence-corrected chi connectivity index (χ1v) is 5.54. The molecule has 0 bridgehead atoms. The molecule has 0 spiro atoms. The minimum atomic E-state index is -4.48. The van der Waals surface area contributed by atoms with Crippen molar-refractivity contribution in [3.8, 4) is 0 Å². The number of rotatable bonds is 2. The largest absolute Gasteiger partial charge is 0.417 e. The second-order valence-electron chi connectivity index (χ2n) is 3.21. The number of Topliss-reactive ketones (excluding diaryl/α,β-unsaturated/α-hetero) is 1. The predicted molar refractivity (Wildman–Crippen MR) is 58.8 cm³/mol. The van der Waals surface area contributed by atoms with E-state index in [9.17, 15) is 18.0 Å². The molecule has 1 atom stereocenters. The second-order valence-corrected chi connectivity index (χ2v) is 4.53. The molecular weight excluding hydrogens is 308 g/mol. The third-order valence-electron chi connectivity index (χ3n) is 1.95. The number of alkyl halides is 4. The van der Waals surface area contributed by atoms with E-state index in [2.05, 4.69) is 15.9 Å². The van der Waals surface area contributed by atoms with Gasteiger partial charge in [-0.15, -0.1) is 0 Å². The molecule has 6 heteroatoms. The number of hydrogen-bond acceptors (Lipinski definition) is 1. The highest BCUT2D eigenvalue weighted by atomic mass is 79.9. The molecule has 0 radical (unpaired) electrons. The summed E-state index contributed by atoms with van der Waals surface area (Å²) in [4.78, 5) is 10.4. The first-order valence-electron chi connectivity index (χ1n) is 4.24. The molecule has 0 saturated heterocycles. The lowest BCUT2D eigenvalue weighted by atomic mass is 10.1. The van der Waals surface area contributed by atoms with Gasteiger partial charge in [-0.2, -0.15) is 13.2 Å². The molecule has 1 unspecified atom stereocenters. The van der Waals surface area contributed by atoms with Crippen LogP contribution in [-0.2, 0) is 11.0 Å². The van der Waals surface area contributed by atoms with Gasteiger partial charge >= 0.3 is 6.18 Å². The lowest BCUT2D eigenvalue weighted by molar-refractivity contribution is -0.137. The summed E-state index contributed by atoms with van der Waals surface area (Å²) in [6, 6.07) is 3.25. The van der Waals surface area contributed by atoms with E-state index in [1.54, 1.807) is 0 Å². The van der Waals surface area contributed by atoms with Crippen LogP contribution in [0, 0.1) is 0 Å². The second kappa shape index (κ2) is 4.75. The summed E-state index contributed by atoms with van der Waals surface area (Å²) in [5.41, 5.74) is -0.494. The first kappa shape index (κ1) is 13.5. The van der Waals surface area contributed by atoms with Crippen LogP contribution in [0.4, 0.5) is 13.2 Å². The molecule has 0 aromatic heterocycles. The number of carbonyl (C=O) groups excluding carboxylic acids is 1. The van der Waals surface area contributed by atoms with Gasteiger partial charge < -0.3 is 0 Å². The number of benzene rings is 1. The number of carbonyl (C=O) groups is 1. The van der Waals surface area contributed by atoms with Crippen molar-refractivity contribution in [3.63, 3.8) is 0 Å². The zero-order chi connectivity index (χ0) is 12.5. The fraction of sp³-hybridized carbons (Fsp3) is 0.300. The van der Waals surface area contributed by atoms with Crippen molar-refractivity contribution < 1.29 is 18.0 Å². The highest BCUT2D eigenvalue weighted by Gasteiger charge is 2.33. The molecule has 0 heterocycles. The van der Waals surface area contributed by atoms with E-state index in [1.165, 1.54) is 13.0 Å². The van der Waals surface area contributed by atoms with Crippen molar-refractivity contribution in [1.29, 1.82) is 0 Å². The zero-order valence-electron chi connectivity index (χ0n) is 8.11. The van der Waals surface area contributed by atoms with Crippen LogP contribution in [0.5, 0.6) is 0 Å². The van der Waals surface area contributed by atoms with Crippen LogP contribution in [-0.4, -0.2) is 5.78 Å². The minimum absolute atomic E-state index is 0.198. The van der Waals surface area contributed by atoms with E-state index in [0.29, 0.717) is 5.56 Å². The summed E-state index contributed by atoms with van der Waals surface area (Å²) in [6.45, 7) is 1.34. The molecule has 1 nitrogen and oxygen atoms in total. The molecule has 0 N–H and O–H groups in total. The summed E-state index contributed by atoms with van der Waals surface area (Å²) in [5.74, 6) is -0.198. The molecule has 1 rings (SSSR count). The molecule has 0 aliphatic carbocycles. The smallest absolute Gasteiger partial charge is 0.298 e. The van der Waals surface area contributed by atoms with Gasteiger partial charge in [-0.3, -0.25) is 4.79 Å². The Bertz CT molecular complexity index is 417. The first-order chi connectivity index (χ1) is 7.23. The summed E-state index contributed by atoms with van der Waals surface area (Å²) in [6.07, 6.45) is -4.48. The van der Waals surface area contributed by atoms with Gasteiger partial charge in [-0.25, -0.2) is 0 Å². The van der Waals surface area contributed by atoms with Crippen molar-refractivity contribution in [2.45, 2.75) is 17.9 Å². The van der Waals surface area contributed by atoms with Crippen molar-refractivity contribution in [2.75, 3.05) is 0 Å². The lowest BCUT2D eigenvalue weighted by Crippen LogP contribution is -2.07. The Morgan fingerprint density at radius 1 is 1.44 bits per heavy atom. The monoisotopic (exact) mass is 314 g/mol. The summed E-state index contributed by atoms with van der Waals surface area (Å²) < 4.78 is 37.1. The normalized spacial score (nSPS) is 13.6. The average Bonchev–Trinajstić information content (AvgIpc) is 2.14. The molecule has 1 aromatic rings. The van der Waals surface area contributed by atoms with E-state index < -0.39 is 21.6 Å². The molecule has 1 aromatic carbocycles. The molecule has 0 amide bonds. The molecule has 88 valence electrons. The van der Waals surface area contributed by atoms with Crippen molar-refractivity contribution in [3.05, 3.63) is 34.3 Å². The Morgan fingerprint density at radius 2 is 2.00 bits per heavy atom. The molecular formula is C10H7BrClF3O. The van der Waals surface area contributed by atoms with Crippen LogP contribution < -0.4 is 0 Å². The Morgan fingerprint density at radius 3 is 2.38 bits per heavy atom. The Kier molecular flexibility index (Phi) is 4.02. The van der Waals surface area contributed by atoms with Crippen LogP contribution in [0.15, 0.2) is 18.2 Å². The topological polar surface area (TPSA) is 17.1 Å². The minimum Gasteiger partial charge on any atom is -0.298 e. The number of hydrogen-bond donors (Lipinski definition) is 0. The van der Waals surface area contributed by atoms with Gasteiger partial charge in [0.2, 0.25) is 0 Å². The maximum atomic E-state index is 12.4. The van der Waals surface area contributed by atoms with Crippen LogP contribution in [0.2, 0.25) is 5.02 Å². The Labute approximate surface area is 104 Å². The highest BCUT2D eigenvalue weighted by molar-refractivity contribution is 9.09.